The summed E-state index contributed by atoms with van der Waals surface area (Å²) in [7, 11) is 0. The van der Waals surface area contributed by atoms with Crippen LogP contribution in [0, 0.1) is 0 Å². The summed E-state index contributed by atoms with van der Waals surface area (Å²) in [6.45, 7) is 3.75. The van der Waals surface area contributed by atoms with Crippen LogP contribution >= 0.6 is 0 Å². The number of unbranched alkanes of at least 4 members (excludes halogenated alkanes) is 1. The highest BCUT2D eigenvalue weighted by atomic mass is 16.5. The van der Waals surface area contributed by atoms with Crippen LogP contribution in [0.3, 0.4) is 0 Å². The van der Waals surface area contributed by atoms with E-state index in [1.165, 1.54) is 6.08 Å². The zero-order chi connectivity index (χ0) is 21.2. The van der Waals surface area contributed by atoms with E-state index in [-0.39, 0.29) is 11.8 Å². The molecule has 2 aromatic rings. The second-order valence-electron chi connectivity index (χ2n) is 7.02. The highest BCUT2D eigenvalue weighted by molar-refractivity contribution is 6.01. The van der Waals surface area contributed by atoms with Gasteiger partial charge in [-0.15, -0.1) is 0 Å². The van der Waals surface area contributed by atoms with Gasteiger partial charge < -0.3 is 26.0 Å². The van der Waals surface area contributed by atoms with Crippen LogP contribution in [-0.4, -0.2) is 44.7 Å². The van der Waals surface area contributed by atoms with Crippen LogP contribution in [0.25, 0.3) is 0 Å². The van der Waals surface area contributed by atoms with E-state index in [9.17, 15) is 9.59 Å². The molecule has 158 valence electrons. The number of nitrogens with zero attached hydrogens (tertiary/aromatic N) is 1. The Morgan fingerprint density at radius 3 is 2.53 bits per heavy atom. The van der Waals surface area contributed by atoms with Crippen molar-refractivity contribution in [3.63, 3.8) is 0 Å². The highest BCUT2D eigenvalue weighted by Gasteiger charge is 2.12. The largest absolute Gasteiger partial charge is 0.397 e. The molecular weight excluding hydrogens is 380 g/mol. The summed E-state index contributed by atoms with van der Waals surface area (Å²) in [6, 6.07) is 14.8. The number of ether oxygens (including phenoxy) is 1. The van der Waals surface area contributed by atoms with Crippen molar-refractivity contribution in [1.82, 2.24) is 5.32 Å². The van der Waals surface area contributed by atoms with Crippen molar-refractivity contribution in [2.24, 2.45) is 0 Å². The van der Waals surface area contributed by atoms with E-state index in [4.69, 9.17) is 10.5 Å². The van der Waals surface area contributed by atoms with E-state index in [2.05, 4.69) is 15.5 Å². The molecular formula is C23H28N4O3. The molecule has 1 heterocycles. The summed E-state index contributed by atoms with van der Waals surface area (Å²) in [4.78, 5) is 26.4. The zero-order valence-electron chi connectivity index (χ0n) is 17.0. The molecule has 0 aromatic heterocycles. The summed E-state index contributed by atoms with van der Waals surface area (Å²) in [5.41, 5.74) is 8.67. The summed E-state index contributed by atoms with van der Waals surface area (Å²) < 4.78 is 5.36. The average Bonchev–Trinajstić information content (AvgIpc) is 2.78. The number of nitrogens with one attached hydrogen (secondary N) is 2. The molecule has 0 atom stereocenters. The highest BCUT2D eigenvalue weighted by Crippen LogP contribution is 2.17. The Bertz CT molecular complexity index is 874. The third-order valence-electron chi connectivity index (χ3n) is 4.83. The molecule has 1 aliphatic heterocycles. The van der Waals surface area contributed by atoms with Crippen molar-refractivity contribution < 1.29 is 14.3 Å². The number of benzene rings is 2. The average molecular weight is 409 g/mol. The van der Waals surface area contributed by atoms with Gasteiger partial charge in [-0.25, -0.2) is 0 Å². The molecule has 1 fully saturated rings. The van der Waals surface area contributed by atoms with Crippen LogP contribution in [0.2, 0.25) is 0 Å². The van der Waals surface area contributed by atoms with Crippen LogP contribution in [0.15, 0.2) is 60.7 Å². The molecule has 0 aliphatic carbocycles. The number of nitrogen functional groups attached to an aromatic ring is 1. The molecule has 0 unspecified atom stereocenters. The van der Waals surface area contributed by atoms with Crippen molar-refractivity contribution in [3.8, 4) is 0 Å². The number of allylic oxidation sites excluding steroid dienone is 1. The van der Waals surface area contributed by atoms with Crippen molar-refractivity contribution in [2.45, 2.75) is 12.8 Å². The normalized spacial score (nSPS) is 13.9. The number of carbonyl (C=O) groups is 2. The van der Waals surface area contributed by atoms with Crippen molar-refractivity contribution in [1.29, 1.82) is 0 Å². The number of morpholine rings is 1. The molecule has 4 N–H and O–H groups in total. The minimum atomic E-state index is -0.225. The van der Waals surface area contributed by atoms with E-state index in [0.717, 1.165) is 38.4 Å². The fourth-order valence-corrected chi connectivity index (χ4v) is 3.14. The molecule has 3 rings (SSSR count). The van der Waals surface area contributed by atoms with Gasteiger partial charge in [-0.2, -0.15) is 0 Å². The van der Waals surface area contributed by atoms with Crippen LogP contribution < -0.4 is 21.3 Å². The Balaban J connectivity index is 1.35. The molecule has 0 bridgehead atoms. The topological polar surface area (TPSA) is 96.7 Å². The van der Waals surface area contributed by atoms with Crippen molar-refractivity contribution in [3.05, 3.63) is 66.2 Å². The lowest BCUT2D eigenvalue weighted by Gasteiger charge is -2.28. The Hall–Kier alpha value is -3.32. The monoisotopic (exact) mass is 408 g/mol. The molecule has 30 heavy (non-hydrogen) atoms. The molecule has 1 aliphatic rings. The first-order valence-electron chi connectivity index (χ1n) is 10.2. The maximum atomic E-state index is 12.3. The van der Waals surface area contributed by atoms with Gasteiger partial charge in [-0.05, 0) is 55.3 Å². The summed E-state index contributed by atoms with van der Waals surface area (Å²) >= 11 is 0. The Morgan fingerprint density at radius 1 is 1.07 bits per heavy atom. The van der Waals surface area contributed by atoms with Gasteiger partial charge in [0.25, 0.3) is 5.91 Å². The predicted molar refractivity (Wildman–Crippen MR) is 120 cm³/mol. The lowest BCUT2D eigenvalue weighted by molar-refractivity contribution is -0.111. The van der Waals surface area contributed by atoms with Crippen molar-refractivity contribution >= 4 is 28.9 Å². The van der Waals surface area contributed by atoms with E-state index in [0.29, 0.717) is 29.9 Å². The van der Waals surface area contributed by atoms with E-state index >= 15 is 0 Å². The third kappa shape index (κ3) is 6.35. The molecule has 7 nitrogen and oxygen atoms in total. The molecule has 1 saturated heterocycles. The Labute approximate surface area is 176 Å². The van der Waals surface area contributed by atoms with Crippen LogP contribution in [0.5, 0.6) is 0 Å². The molecule has 0 radical (unpaired) electrons. The van der Waals surface area contributed by atoms with Gasteiger partial charge in [0.15, 0.2) is 0 Å². The fraction of sp³-hybridized carbons (Fsp3) is 0.304. The van der Waals surface area contributed by atoms with Crippen LogP contribution in [-0.2, 0) is 9.53 Å². The number of carbonyl (C=O) groups excluding carboxylic acids is 2. The second kappa shape index (κ2) is 11.0. The van der Waals surface area contributed by atoms with Gasteiger partial charge in [-0.3, -0.25) is 9.59 Å². The van der Waals surface area contributed by atoms with Gasteiger partial charge in [0.2, 0.25) is 5.91 Å². The SMILES string of the molecule is Nc1ccccc1NC(=O)C=CCCCNC(=O)c1ccc(N2CCOCC2)cc1. The standard InChI is InChI=1S/C23H28N4O3/c24-20-6-3-4-7-21(20)26-22(28)8-2-1-5-13-25-23(29)18-9-11-19(12-10-18)27-14-16-30-17-15-27/h2-4,6-12H,1,5,13-17,24H2,(H,25,29)(H,26,28). The van der Waals surface area contributed by atoms with Gasteiger partial charge in [0.05, 0.1) is 24.6 Å². The first kappa shape index (κ1) is 21.4. The number of rotatable bonds is 8. The number of anilines is 3. The number of nitrogens with two attached hydrogens (primary N) is 1. The van der Waals surface area contributed by atoms with Crippen LogP contribution in [0.1, 0.15) is 23.2 Å². The predicted octanol–water partition coefficient (Wildman–Crippen LogP) is 2.81. The molecule has 2 aromatic carbocycles. The van der Waals surface area contributed by atoms with E-state index in [1.54, 1.807) is 18.2 Å². The van der Waals surface area contributed by atoms with Gasteiger partial charge in [0, 0.05) is 30.9 Å². The first-order chi connectivity index (χ1) is 14.6. The number of para-hydroxylation sites is 2. The minimum absolute atomic E-state index is 0.0928. The second-order valence-corrected chi connectivity index (χ2v) is 7.02. The van der Waals surface area contributed by atoms with Crippen LogP contribution in [0.4, 0.5) is 17.1 Å². The summed E-state index contributed by atoms with van der Waals surface area (Å²) in [5, 5.41) is 5.65. The first-order valence-corrected chi connectivity index (χ1v) is 10.2. The molecule has 0 saturated carbocycles. The lowest BCUT2D eigenvalue weighted by atomic mass is 10.1. The lowest BCUT2D eigenvalue weighted by Crippen LogP contribution is -2.36. The summed E-state index contributed by atoms with van der Waals surface area (Å²) in [5.74, 6) is -0.318. The van der Waals surface area contributed by atoms with Crippen molar-refractivity contribution in [2.75, 3.05) is 48.8 Å². The molecule has 2 amide bonds. The fourth-order valence-electron chi connectivity index (χ4n) is 3.14. The van der Waals surface area contributed by atoms with Gasteiger partial charge in [0.1, 0.15) is 0 Å². The van der Waals surface area contributed by atoms with Gasteiger partial charge in [-0.1, -0.05) is 18.2 Å². The molecule has 7 heteroatoms. The Kier molecular flexibility index (Phi) is 7.86. The van der Waals surface area contributed by atoms with Gasteiger partial charge >= 0.3 is 0 Å². The minimum Gasteiger partial charge on any atom is -0.397 e. The third-order valence-corrected chi connectivity index (χ3v) is 4.83. The number of hydrogen-bond donors (Lipinski definition) is 3. The smallest absolute Gasteiger partial charge is 0.251 e. The number of amides is 2. The maximum absolute atomic E-state index is 12.3. The van der Waals surface area contributed by atoms with E-state index < -0.39 is 0 Å². The quantitative estimate of drug-likeness (QED) is 0.355. The zero-order valence-corrected chi connectivity index (χ0v) is 17.0. The Morgan fingerprint density at radius 2 is 1.80 bits per heavy atom. The molecule has 0 spiro atoms. The summed E-state index contributed by atoms with van der Waals surface area (Å²) in [6.07, 6.45) is 4.71. The maximum Gasteiger partial charge on any atom is 0.251 e. The van der Waals surface area contributed by atoms with E-state index in [1.807, 2.05) is 36.4 Å². The number of hydrogen-bond acceptors (Lipinski definition) is 5.